The molecule has 0 radical (unpaired) electrons. The van der Waals surface area contributed by atoms with Gasteiger partial charge >= 0.3 is 0 Å². The second-order valence-electron chi connectivity index (χ2n) is 4.30. The SMILES string of the molecule is CNC(CCOCCOC)Cc1cccc(F)c1Cl. The largest absolute Gasteiger partial charge is 0.382 e. The molecule has 3 nitrogen and oxygen atoms in total. The van der Waals surface area contributed by atoms with Crippen molar-refractivity contribution in [1.29, 1.82) is 0 Å². The van der Waals surface area contributed by atoms with Gasteiger partial charge in [0.1, 0.15) is 5.82 Å². The van der Waals surface area contributed by atoms with Crippen LogP contribution in [0.2, 0.25) is 5.02 Å². The van der Waals surface area contributed by atoms with E-state index in [0.29, 0.717) is 26.2 Å². The van der Waals surface area contributed by atoms with E-state index in [1.807, 2.05) is 13.1 Å². The van der Waals surface area contributed by atoms with Crippen LogP contribution in [0.25, 0.3) is 0 Å². The molecule has 1 unspecified atom stereocenters. The van der Waals surface area contributed by atoms with Gasteiger partial charge in [0.2, 0.25) is 0 Å². The lowest BCUT2D eigenvalue weighted by molar-refractivity contribution is 0.0661. The zero-order valence-corrected chi connectivity index (χ0v) is 12.2. The molecule has 0 amide bonds. The third-order valence-electron chi connectivity index (χ3n) is 2.95. The van der Waals surface area contributed by atoms with Crippen LogP contribution in [-0.4, -0.2) is 40.0 Å². The quantitative estimate of drug-likeness (QED) is 0.709. The van der Waals surface area contributed by atoms with E-state index in [2.05, 4.69) is 5.32 Å². The molecule has 0 aliphatic carbocycles. The van der Waals surface area contributed by atoms with Gasteiger partial charge in [0.15, 0.2) is 0 Å². The predicted molar refractivity (Wildman–Crippen MR) is 75.3 cm³/mol. The first-order chi connectivity index (χ1) is 9.19. The Balaban J connectivity index is 2.41. The monoisotopic (exact) mass is 289 g/mol. The summed E-state index contributed by atoms with van der Waals surface area (Å²) in [4.78, 5) is 0. The maximum absolute atomic E-state index is 13.3. The summed E-state index contributed by atoms with van der Waals surface area (Å²) in [6.45, 7) is 1.83. The Morgan fingerprint density at radius 2 is 2.11 bits per heavy atom. The second kappa shape index (κ2) is 9.26. The summed E-state index contributed by atoms with van der Waals surface area (Å²) in [6.07, 6.45) is 1.52. The van der Waals surface area contributed by atoms with E-state index in [9.17, 15) is 4.39 Å². The first-order valence-electron chi connectivity index (χ1n) is 6.35. The van der Waals surface area contributed by atoms with Gasteiger partial charge < -0.3 is 14.8 Å². The number of likely N-dealkylation sites (N-methyl/N-ethyl adjacent to an activating group) is 1. The minimum Gasteiger partial charge on any atom is -0.382 e. The van der Waals surface area contributed by atoms with Gasteiger partial charge in [0.25, 0.3) is 0 Å². The van der Waals surface area contributed by atoms with Crippen molar-refractivity contribution in [3.05, 3.63) is 34.6 Å². The van der Waals surface area contributed by atoms with Crippen molar-refractivity contribution in [3.8, 4) is 0 Å². The Labute approximate surface area is 119 Å². The minimum absolute atomic E-state index is 0.210. The van der Waals surface area contributed by atoms with Crippen molar-refractivity contribution >= 4 is 11.6 Å². The van der Waals surface area contributed by atoms with Gasteiger partial charge in [-0.3, -0.25) is 0 Å². The molecule has 0 fully saturated rings. The van der Waals surface area contributed by atoms with E-state index in [1.165, 1.54) is 6.07 Å². The number of hydrogen-bond donors (Lipinski definition) is 1. The maximum Gasteiger partial charge on any atom is 0.142 e. The highest BCUT2D eigenvalue weighted by molar-refractivity contribution is 6.31. The molecule has 1 atom stereocenters. The number of rotatable bonds is 9. The molecule has 19 heavy (non-hydrogen) atoms. The summed E-state index contributed by atoms with van der Waals surface area (Å²) >= 11 is 5.95. The van der Waals surface area contributed by atoms with Gasteiger partial charge in [-0.15, -0.1) is 0 Å². The molecule has 1 rings (SSSR count). The Morgan fingerprint density at radius 1 is 1.32 bits per heavy atom. The van der Waals surface area contributed by atoms with Crippen LogP contribution in [0.15, 0.2) is 18.2 Å². The highest BCUT2D eigenvalue weighted by atomic mass is 35.5. The average molecular weight is 290 g/mol. The van der Waals surface area contributed by atoms with E-state index < -0.39 is 0 Å². The van der Waals surface area contributed by atoms with Crippen molar-refractivity contribution in [3.63, 3.8) is 0 Å². The lowest BCUT2D eigenvalue weighted by Crippen LogP contribution is -2.29. The summed E-state index contributed by atoms with van der Waals surface area (Å²) < 4.78 is 23.7. The highest BCUT2D eigenvalue weighted by Crippen LogP contribution is 2.21. The van der Waals surface area contributed by atoms with Crippen molar-refractivity contribution < 1.29 is 13.9 Å². The number of hydrogen-bond acceptors (Lipinski definition) is 3. The molecule has 0 saturated carbocycles. The van der Waals surface area contributed by atoms with Gasteiger partial charge in [-0.05, 0) is 31.5 Å². The number of ether oxygens (including phenoxy) is 2. The van der Waals surface area contributed by atoms with Crippen LogP contribution in [0.1, 0.15) is 12.0 Å². The van der Waals surface area contributed by atoms with Gasteiger partial charge in [0.05, 0.1) is 18.2 Å². The van der Waals surface area contributed by atoms with E-state index in [1.54, 1.807) is 13.2 Å². The third-order valence-corrected chi connectivity index (χ3v) is 3.37. The Hall–Kier alpha value is -0.680. The topological polar surface area (TPSA) is 30.5 Å². The molecule has 1 N–H and O–H groups in total. The fourth-order valence-corrected chi connectivity index (χ4v) is 1.99. The lowest BCUT2D eigenvalue weighted by Gasteiger charge is -2.17. The molecule has 5 heteroatoms. The lowest BCUT2D eigenvalue weighted by atomic mass is 10.0. The average Bonchev–Trinajstić information content (AvgIpc) is 2.42. The van der Waals surface area contributed by atoms with Crippen LogP contribution in [0, 0.1) is 5.82 Å². The highest BCUT2D eigenvalue weighted by Gasteiger charge is 2.12. The molecule has 108 valence electrons. The van der Waals surface area contributed by atoms with Crippen LogP contribution < -0.4 is 5.32 Å². The van der Waals surface area contributed by atoms with Crippen LogP contribution >= 0.6 is 11.6 Å². The van der Waals surface area contributed by atoms with Gasteiger partial charge in [-0.25, -0.2) is 4.39 Å². The fourth-order valence-electron chi connectivity index (χ4n) is 1.79. The van der Waals surface area contributed by atoms with Crippen molar-refractivity contribution in [2.75, 3.05) is 34.0 Å². The van der Waals surface area contributed by atoms with Crippen molar-refractivity contribution in [1.82, 2.24) is 5.32 Å². The number of benzene rings is 1. The minimum atomic E-state index is -0.370. The summed E-state index contributed by atoms with van der Waals surface area (Å²) in [5, 5.41) is 3.41. The normalized spacial score (nSPS) is 12.6. The molecule has 1 aromatic carbocycles. The molecule has 1 aromatic rings. The molecule has 0 aliphatic heterocycles. The molecular formula is C14H21ClFNO2. The molecule has 0 spiro atoms. The predicted octanol–water partition coefficient (Wildman–Crippen LogP) is 2.66. The van der Waals surface area contributed by atoms with Crippen molar-refractivity contribution in [2.24, 2.45) is 0 Å². The first kappa shape index (κ1) is 16.4. The van der Waals surface area contributed by atoms with E-state index in [0.717, 1.165) is 12.0 Å². The summed E-state index contributed by atoms with van der Waals surface area (Å²) in [6, 6.07) is 5.11. The molecule has 0 aliphatic rings. The Bertz CT molecular complexity index is 376. The standard InChI is InChI=1S/C14H21ClFNO2/c1-17-12(6-7-19-9-8-18-2)10-11-4-3-5-13(16)14(11)15/h3-5,12,17H,6-10H2,1-2H3. The van der Waals surface area contributed by atoms with Crippen LogP contribution in [0.5, 0.6) is 0 Å². The zero-order chi connectivity index (χ0) is 14.1. The Morgan fingerprint density at radius 3 is 2.79 bits per heavy atom. The van der Waals surface area contributed by atoms with Gasteiger partial charge in [0, 0.05) is 19.8 Å². The second-order valence-corrected chi connectivity index (χ2v) is 4.67. The summed E-state index contributed by atoms with van der Waals surface area (Å²) in [5.74, 6) is -0.370. The first-order valence-corrected chi connectivity index (χ1v) is 6.73. The van der Waals surface area contributed by atoms with Crippen LogP contribution in [0.3, 0.4) is 0 Å². The molecule has 0 saturated heterocycles. The van der Waals surface area contributed by atoms with Gasteiger partial charge in [-0.2, -0.15) is 0 Å². The van der Waals surface area contributed by atoms with Gasteiger partial charge in [-0.1, -0.05) is 23.7 Å². The third kappa shape index (κ3) is 5.87. The van der Waals surface area contributed by atoms with E-state index >= 15 is 0 Å². The maximum atomic E-state index is 13.3. The number of methoxy groups -OCH3 is 1. The zero-order valence-electron chi connectivity index (χ0n) is 11.4. The number of nitrogens with one attached hydrogen (secondary N) is 1. The molecule has 0 bridgehead atoms. The molecule has 0 heterocycles. The summed E-state index contributed by atoms with van der Waals surface area (Å²) in [7, 11) is 3.53. The summed E-state index contributed by atoms with van der Waals surface area (Å²) in [5.41, 5.74) is 0.818. The Kier molecular flexibility index (Phi) is 7.98. The van der Waals surface area contributed by atoms with E-state index in [-0.39, 0.29) is 16.9 Å². The van der Waals surface area contributed by atoms with E-state index in [4.69, 9.17) is 21.1 Å². The molecule has 0 aromatic heterocycles. The fraction of sp³-hybridized carbons (Fsp3) is 0.571. The van der Waals surface area contributed by atoms with Crippen LogP contribution in [-0.2, 0) is 15.9 Å². The smallest absolute Gasteiger partial charge is 0.142 e. The number of halogens is 2. The van der Waals surface area contributed by atoms with Crippen molar-refractivity contribution in [2.45, 2.75) is 18.9 Å². The van der Waals surface area contributed by atoms with Crippen LogP contribution in [0.4, 0.5) is 4.39 Å². The molecular weight excluding hydrogens is 269 g/mol.